The maximum atomic E-state index is 5.62. The van der Waals surface area contributed by atoms with E-state index in [0.717, 1.165) is 5.71 Å². The van der Waals surface area contributed by atoms with Gasteiger partial charge in [-0.2, -0.15) is 0 Å². The van der Waals surface area contributed by atoms with Gasteiger partial charge in [0.25, 0.3) is 0 Å². The van der Waals surface area contributed by atoms with Crippen LogP contribution in [0.4, 0.5) is 0 Å². The molecule has 1 atom stereocenters. The van der Waals surface area contributed by atoms with Crippen molar-refractivity contribution in [3.63, 3.8) is 0 Å². The Hall–Kier alpha value is -0.890. The predicted octanol–water partition coefficient (Wildman–Crippen LogP) is 0.511. The second-order valence-electron chi connectivity index (χ2n) is 1.92. The fraction of sp³-hybridized carbons (Fsp3) is 0.286. The maximum Gasteiger partial charge on any atom is 0.0654 e. The fourth-order valence-electron chi connectivity index (χ4n) is 0.771. The van der Waals surface area contributed by atoms with Crippen LogP contribution >= 0.6 is 0 Å². The van der Waals surface area contributed by atoms with Crippen LogP contribution in [0, 0.1) is 0 Å². The molecule has 0 saturated heterocycles. The molecule has 9 heavy (non-hydrogen) atoms. The van der Waals surface area contributed by atoms with Gasteiger partial charge in [0.1, 0.15) is 0 Å². The van der Waals surface area contributed by atoms with E-state index in [1.807, 2.05) is 24.3 Å². The lowest BCUT2D eigenvalue weighted by Gasteiger charge is -2.07. The zero-order valence-corrected chi connectivity index (χ0v) is 5.41. The summed E-state index contributed by atoms with van der Waals surface area (Å²) in [6, 6.07) is -0.000000000000000222. The van der Waals surface area contributed by atoms with Gasteiger partial charge in [0, 0.05) is 7.05 Å². The first-order valence-corrected chi connectivity index (χ1v) is 2.91. The Balaban J connectivity index is 2.78. The van der Waals surface area contributed by atoms with Crippen LogP contribution in [0.2, 0.25) is 0 Å². The highest BCUT2D eigenvalue weighted by Crippen LogP contribution is 1.97. The first-order chi connectivity index (χ1) is 4.34. The van der Waals surface area contributed by atoms with Gasteiger partial charge in [0.05, 0.1) is 11.8 Å². The van der Waals surface area contributed by atoms with Crippen LogP contribution < -0.4 is 5.73 Å². The van der Waals surface area contributed by atoms with Crippen molar-refractivity contribution in [3.8, 4) is 0 Å². The molecule has 0 fully saturated rings. The Kier molecular flexibility index (Phi) is 1.80. The summed E-state index contributed by atoms with van der Waals surface area (Å²) in [6.45, 7) is 0. The lowest BCUT2D eigenvalue weighted by molar-refractivity contribution is 1.07. The van der Waals surface area contributed by atoms with E-state index in [1.54, 1.807) is 7.05 Å². The zero-order chi connectivity index (χ0) is 6.69. The number of nitrogens with two attached hydrogens (primary N) is 1. The molecule has 0 aromatic carbocycles. The lowest BCUT2D eigenvalue weighted by atomic mass is 10.1. The van der Waals surface area contributed by atoms with Gasteiger partial charge >= 0.3 is 0 Å². The molecule has 48 valence electrons. The van der Waals surface area contributed by atoms with Crippen LogP contribution in [-0.4, -0.2) is 18.8 Å². The third kappa shape index (κ3) is 1.27. The molecule has 0 amide bonds. The molecular weight excluding hydrogens is 112 g/mol. The molecular formula is C7H10N2. The molecule has 2 heteroatoms. The molecule has 0 saturated carbocycles. The lowest BCUT2D eigenvalue weighted by Crippen LogP contribution is -2.27. The van der Waals surface area contributed by atoms with E-state index in [9.17, 15) is 0 Å². The number of aliphatic imine (C=N–C) groups is 1. The van der Waals surface area contributed by atoms with Gasteiger partial charge in [-0.3, -0.25) is 4.99 Å². The maximum absolute atomic E-state index is 5.62. The highest BCUT2D eigenvalue weighted by atomic mass is 14.8. The smallest absolute Gasteiger partial charge is 0.0654 e. The fourth-order valence-corrected chi connectivity index (χ4v) is 0.771. The standard InChI is InChI=1S/C7H10N2/c1-9-7-5-3-2-4-6(7)8/h2-6H,8H2,1H3/b9-7+. The molecule has 1 rings (SSSR count). The van der Waals surface area contributed by atoms with Gasteiger partial charge in [-0.05, 0) is 6.08 Å². The summed E-state index contributed by atoms with van der Waals surface area (Å²) in [4.78, 5) is 3.98. The third-order valence-electron chi connectivity index (χ3n) is 1.30. The average molecular weight is 122 g/mol. The second kappa shape index (κ2) is 2.60. The molecule has 0 bridgehead atoms. The highest BCUT2D eigenvalue weighted by molar-refractivity contribution is 6.01. The van der Waals surface area contributed by atoms with Crippen molar-refractivity contribution in [2.45, 2.75) is 6.04 Å². The second-order valence-corrected chi connectivity index (χ2v) is 1.92. The summed E-state index contributed by atoms with van der Waals surface area (Å²) in [6.07, 6.45) is 7.71. The van der Waals surface area contributed by atoms with Gasteiger partial charge in [0.2, 0.25) is 0 Å². The van der Waals surface area contributed by atoms with Crippen LogP contribution in [0.15, 0.2) is 29.3 Å². The van der Waals surface area contributed by atoms with Crippen molar-refractivity contribution in [1.82, 2.24) is 0 Å². The Morgan fingerprint density at radius 3 is 2.78 bits per heavy atom. The monoisotopic (exact) mass is 122 g/mol. The van der Waals surface area contributed by atoms with Crippen molar-refractivity contribution in [2.75, 3.05) is 7.05 Å². The molecule has 0 aromatic rings. The first-order valence-electron chi connectivity index (χ1n) is 2.91. The number of nitrogens with zero attached hydrogens (tertiary/aromatic N) is 1. The Bertz CT molecular complexity index is 177. The van der Waals surface area contributed by atoms with Crippen LogP contribution in [0.5, 0.6) is 0 Å². The normalized spacial score (nSPS) is 29.6. The van der Waals surface area contributed by atoms with Gasteiger partial charge in [0.15, 0.2) is 0 Å². The minimum atomic E-state index is -0.000000000000000222. The van der Waals surface area contributed by atoms with Crippen LogP contribution in [0.1, 0.15) is 0 Å². The quantitative estimate of drug-likeness (QED) is 0.499. The van der Waals surface area contributed by atoms with Crippen LogP contribution in [-0.2, 0) is 0 Å². The van der Waals surface area contributed by atoms with Gasteiger partial charge in [-0.1, -0.05) is 18.2 Å². The molecule has 0 heterocycles. The molecule has 1 aliphatic rings. The van der Waals surface area contributed by atoms with E-state index in [1.165, 1.54) is 0 Å². The molecule has 2 nitrogen and oxygen atoms in total. The zero-order valence-electron chi connectivity index (χ0n) is 5.41. The summed E-state index contributed by atoms with van der Waals surface area (Å²) in [7, 11) is 1.75. The SMILES string of the molecule is C/N=C1\C=CC=CC1N. The summed E-state index contributed by atoms with van der Waals surface area (Å²) in [5.74, 6) is 0. The van der Waals surface area contributed by atoms with Crippen LogP contribution in [0.25, 0.3) is 0 Å². The Labute approximate surface area is 54.8 Å². The average Bonchev–Trinajstić information content (AvgIpc) is 1.89. The van der Waals surface area contributed by atoms with E-state index in [0.29, 0.717) is 0 Å². The van der Waals surface area contributed by atoms with Gasteiger partial charge in [-0.15, -0.1) is 0 Å². The van der Waals surface area contributed by atoms with Crippen LogP contribution in [0.3, 0.4) is 0 Å². The Morgan fingerprint density at radius 2 is 2.33 bits per heavy atom. The van der Waals surface area contributed by atoms with E-state index in [-0.39, 0.29) is 6.04 Å². The predicted molar refractivity (Wildman–Crippen MR) is 39.6 cm³/mol. The Morgan fingerprint density at radius 1 is 1.56 bits per heavy atom. The van der Waals surface area contributed by atoms with Crippen molar-refractivity contribution in [3.05, 3.63) is 24.3 Å². The number of hydrogen-bond acceptors (Lipinski definition) is 2. The summed E-state index contributed by atoms with van der Waals surface area (Å²) < 4.78 is 0. The molecule has 0 radical (unpaired) electrons. The van der Waals surface area contributed by atoms with Crippen molar-refractivity contribution in [1.29, 1.82) is 0 Å². The molecule has 2 N–H and O–H groups in total. The summed E-state index contributed by atoms with van der Waals surface area (Å²) in [5, 5.41) is 0. The molecule has 1 aliphatic carbocycles. The van der Waals surface area contributed by atoms with E-state index in [2.05, 4.69) is 4.99 Å². The third-order valence-corrected chi connectivity index (χ3v) is 1.30. The van der Waals surface area contributed by atoms with Crippen molar-refractivity contribution >= 4 is 5.71 Å². The minimum Gasteiger partial charge on any atom is -0.319 e. The minimum absolute atomic E-state index is 0.000000000000000222. The van der Waals surface area contributed by atoms with E-state index < -0.39 is 0 Å². The van der Waals surface area contributed by atoms with E-state index in [4.69, 9.17) is 5.73 Å². The van der Waals surface area contributed by atoms with Crippen molar-refractivity contribution < 1.29 is 0 Å². The number of hydrogen-bond donors (Lipinski definition) is 1. The highest BCUT2D eigenvalue weighted by Gasteiger charge is 2.03. The van der Waals surface area contributed by atoms with Gasteiger partial charge in [-0.25, -0.2) is 0 Å². The largest absolute Gasteiger partial charge is 0.319 e. The number of rotatable bonds is 0. The topological polar surface area (TPSA) is 38.4 Å². The summed E-state index contributed by atoms with van der Waals surface area (Å²) >= 11 is 0. The molecule has 0 aromatic heterocycles. The first kappa shape index (κ1) is 6.23. The van der Waals surface area contributed by atoms with Gasteiger partial charge < -0.3 is 5.73 Å². The molecule has 0 spiro atoms. The molecule has 0 aliphatic heterocycles. The van der Waals surface area contributed by atoms with E-state index >= 15 is 0 Å². The number of allylic oxidation sites excluding steroid dienone is 2. The molecule has 1 unspecified atom stereocenters. The van der Waals surface area contributed by atoms with Crippen molar-refractivity contribution in [2.24, 2.45) is 10.7 Å². The summed E-state index contributed by atoms with van der Waals surface area (Å²) in [5.41, 5.74) is 6.56.